The molecule has 7 nitrogen and oxygen atoms in total. The number of carbonyl (C=O) groups is 1. The summed E-state index contributed by atoms with van der Waals surface area (Å²) >= 11 is 0. The fourth-order valence-electron chi connectivity index (χ4n) is 3.20. The Morgan fingerprint density at radius 2 is 1.69 bits per heavy atom. The van der Waals surface area contributed by atoms with E-state index in [1.165, 1.54) is 0 Å². The van der Waals surface area contributed by atoms with E-state index in [1.807, 2.05) is 51.1 Å². The van der Waals surface area contributed by atoms with Crippen LogP contribution in [0.1, 0.15) is 46.5 Å². The number of rotatable bonds is 6. The van der Waals surface area contributed by atoms with Gasteiger partial charge in [-0.05, 0) is 58.6 Å². The van der Waals surface area contributed by atoms with Crippen LogP contribution >= 0.6 is 0 Å². The molecule has 29 heavy (non-hydrogen) atoms. The number of amides is 1. The third-order valence-corrected chi connectivity index (χ3v) is 5.97. The SMILES string of the molecule is CN=C(NCCS(=O)c1ccccc1)NC1CCC(NC(=O)OC(C)(C)C)CC1. The van der Waals surface area contributed by atoms with E-state index >= 15 is 0 Å². The quantitative estimate of drug-likeness (QED) is 0.484. The highest BCUT2D eigenvalue weighted by molar-refractivity contribution is 7.85. The van der Waals surface area contributed by atoms with Crippen LogP contribution in [0.15, 0.2) is 40.2 Å². The van der Waals surface area contributed by atoms with Crippen LogP contribution < -0.4 is 16.0 Å². The molecular formula is C21H34N4O3S. The molecule has 0 spiro atoms. The number of hydrogen-bond donors (Lipinski definition) is 3. The van der Waals surface area contributed by atoms with E-state index in [1.54, 1.807) is 7.05 Å². The summed E-state index contributed by atoms with van der Waals surface area (Å²) < 4.78 is 17.6. The summed E-state index contributed by atoms with van der Waals surface area (Å²) in [5.74, 6) is 1.25. The average molecular weight is 423 g/mol. The molecule has 162 valence electrons. The molecule has 1 unspecified atom stereocenters. The van der Waals surface area contributed by atoms with Crippen LogP contribution in [0.2, 0.25) is 0 Å². The lowest BCUT2D eigenvalue weighted by atomic mass is 9.91. The van der Waals surface area contributed by atoms with E-state index in [0.29, 0.717) is 18.3 Å². The highest BCUT2D eigenvalue weighted by Crippen LogP contribution is 2.19. The number of aliphatic imine (C=N–C) groups is 1. The Labute approximate surface area is 176 Å². The summed E-state index contributed by atoms with van der Waals surface area (Å²) in [5, 5.41) is 9.63. The molecule has 2 rings (SSSR count). The first kappa shape index (κ1) is 23.2. The first-order chi connectivity index (χ1) is 13.8. The smallest absolute Gasteiger partial charge is 0.407 e. The predicted octanol–water partition coefficient (Wildman–Crippen LogP) is 2.80. The molecule has 0 bridgehead atoms. The van der Waals surface area contributed by atoms with Crippen molar-refractivity contribution < 1.29 is 13.7 Å². The molecule has 3 N–H and O–H groups in total. The molecule has 1 aliphatic rings. The molecule has 1 fully saturated rings. The molecule has 0 heterocycles. The van der Waals surface area contributed by atoms with Crippen LogP contribution in [-0.2, 0) is 15.5 Å². The van der Waals surface area contributed by atoms with Crippen molar-refractivity contribution in [2.75, 3.05) is 19.3 Å². The first-order valence-electron chi connectivity index (χ1n) is 10.2. The van der Waals surface area contributed by atoms with Crippen molar-refractivity contribution in [1.29, 1.82) is 0 Å². The highest BCUT2D eigenvalue weighted by Gasteiger charge is 2.25. The third kappa shape index (κ3) is 8.85. The van der Waals surface area contributed by atoms with Gasteiger partial charge in [0.25, 0.3) is 0 Å². The lowest BCUT2D eigenvalue weighted by molar-refractivity contribution is 0.0490. The number of benzene rings is 1. The molecule has 1 atom stereocenters. The van der Waals surface area contributed by atoms with E-state index in [-0.39, 0.29) is 12.1 Å². The van der Waals surface area contributed by atoms with Crippen LogP contribution in [0.3, 0.4) is 0 Å². The third-order valence-electron chi connectivity index (χ3n) is 4.60. The van der Waals surface area contributed by atoms with Crippen molar-refractivity contribution in [1.82, 2.24) is 16.0 Å². The van der Waals surface area contributed by atoms with Gasteiger partial charge in [-0.25, -0.2) is 4.79 Å². The van der Waals surface area contributed by atoms with Crippen LogP contribution in [-0.4, -0.2) is 53.3 Å². The van der Waals surface area contributed by atoms with Gasteiger partial charge < -0.3 is 20.7 Å². The van der Waals surface area contributed by atoms with Crippen molar-refractivity contribution in [3.8, 4) is 0 Å². The maximum Gasteiger partial charge on any atom is 0.407 e. The fourth-order valence-corrected chi connectivity index (χ4v) is 4.18. The number of guanidine groups is 1. The molecular weight excluding hydrogens is 388 g/mol. The average Bonchev–Trinajstić information content (AvgIpc) is 2.67. The number of ether oxygens (including phenoxy) is 1. The maximum atomic E-state index is 12.3. The molecule has 0 aromatic heterocycles. The molecule has 1 amide bonds. The molecule has 1 saturated carbocycles. The molecule has 0 aliphatic heterocycles. The standard InChI is InChI=1S/C21H34N4O3S/c1-21(2,3)28-20(26)25-17-12-10-16(11-13-17)24-19(22-4)23-14-15-29(27)18-8-6-5-7-9-18/h5-9,16-17H,10-15H2,1-4H3,(H,25,26)(H2,22,23,24). The van der Waals surface area contributed by atoms with Crippen molar-refractivity contribution >= 4 is 22.9 Å². The highest BCUT2D eigenvalue weighted by atomic mass is 32.2. The number of hydrogen-bond acceptors (Lipinski definition) is 4. The summed E-state index contributed by atoms with van der Waals surface area (Å²) in [7, 11) is 0.711. The number of nitrogens with one attached hydrogen (secondary N) is 3. The van der Waals surface area contributed by atoms with Gasteiger partial charge >= 0.3 is 6.09 Å². The zero-order chi connectivity index (χ0) is 21.3. The van der Waals surface area contributed by atoms with Gasteiger partial charge in [0.15, 0.2) is 5.96 Å². The van der Waals surface area contributed by atoms with Crippen molar-refractivity contribution in [2.24, 2.45) is 4.99 Å². The lowest BCUT2D eigenvalue weighted by Crippen LogP contribution is -2.48. The van der Waals surface area contributed by atoms with Gasteiger partial charge in [-0.1, -0.05) is 18.2 Å². The Hall–Kier alpha value is -2.09. The Kier molecular flexibility index (Phi) is 8.95. The molecule has 8 heteroatoms. The molecule has 0 radical (unpaired) electrons. The van der Waals surface area contributed by atoms with E-state index in [9.17, 15) is 9.00 Å². The minimum absolute atomic E-state index is 0.145. The molecule has 0 saturated heterocycles. The van der Waals surface area contributed by atoms with E-state index < -0.39 is 16.4 Å². The van der Waals surface area contributed by atoms with Crippen LogP contribution in [0.25, 0.3) is 0 Å². The Morgan fingerprint density at radius 1 is 1.10 bits per heavy atom. The van der Waals surface area contributed by atoms with Gasteiger partial charge in [-0.2, -0.15) is 0 Å². The van der Waals surface area contributed by atoms with Gasteiger partial charge in [-0.15, -0.1) is 0 Å². The number of alkyl carbamates (subject to hydrolysis) is 1. The second-order valence-electron chi connectivity index (χ2n) is 8.20. The van der Waals surface area contributed by atoms with Gasteiger partial charge in [-0.3, -0.25) is 9.20 Å². The van der Waals surface area contributed by atoms with Crippen LogP contribution in [0, 0.1) is 0 Å². The van der Waals surface area contributed by atoms with Crippen molar-refractivity contribution in [2.45, 2.75) is 69.0 Å². The Balaban J connectivity index is 1.67. The normalized spacial score (nSPS) is 21.2. The van der Waals surface area contributed by atoms with E-state index in [2.05, 4.69) is 20.9 Å². The monoisotopic (exact) mass is 422 g/mol. The minimum Gasteiger partial charge on any atom is -0.444 e. The second kappa shape index (κ2) is 11.2. The van der Waals surface area contributed by atoms with Gasteiger partial charge in [0.05, 0.1) is 10.8 Å². The van der Waals surface area contributed by atoms with E-state index in [4.69, 9.17) is 4.74 Å². The number of nitrogens with zero attached hydrogens (tertiary/aromatic N) is 1. The lowest BCUT2D eigenvalue weighted by Gasteiger charge is -2.31. The molecule has 1 aromatic rings. The Morgan fingerprint density at radius 3 is 2.24 bits per heavy atom. The first-order valence-corrected chi connectivity index (χ1v) is 11.5. The number of carbonyl (C=O) groups excluding carboxylic acids is 1. The predicted molar refractivity (Wildman–Crippen MR) is 118 cm³/mol. The Bertz CT molecular complexity index is 696. The second-order valence-corrected chi connectivity index (χ2v) is 9.77. The fraction of sp³-hybridized carbons (Fsp3) is 0.619. The summed E-state index contributed by atoms with van der Waals surface area (Å²) in [6.45, 7) is 6.17. The van der Waals surface area contributed by atoms with Crippen LogP contribution in [0.5, 0.6) is 0 Å². The minimum atomic E-state index is -1.02. The van der Waals surface area contributed by atoms with E-state index in [0.717, 1.165) is 36.5 Å². The zero-order valence-corrected chi connectivity index (χ0v) is 18.7. The zero-order valence-electron chi connectivity index (χ0n) is 17.9. The summed E-state index contributed by atoms with van der Waals surface area (Å²) in [6.07, 6.45) is 3.32. The van der Waals surface area contributed by atoms with Gasteiger partial charge in [0.1, 0.15) is 5.60 Å². The topological polar surface area (TPSA) is 91.8 Å². The van der Waals surface area contributed by atoms with Gasteiger partial charge in [0.2, 0.25) is 0 Å². The van der Waals surface area contributed by atoms with Crippen LogP contribution in [0.4, 0.5) is 4.79 Å². The largest absolute Gasteiger partial charge is 0.444 e. The van der Waals surface area contributed by atoms with Gasteiger partial charge in [0, 0.05) is 36.3 Å². The molecule has 1 aromatic carbocycles. The summed E-state index contributed by atoms with van der Waals surface area (Å²) in [5.41, 5.74) is -0.481. The molecule has 1 aliphatic carbocycles. The summed E-state index contributed by atoms with van der Waals surface area (Å²) in [6, 6.07) is 9.93. The van der Waals surface area contributed by atoms with Crippen molar-refractivity contribution in [3.05, 3.63) is 30.3 Å². The van der Waals surface area contributed by atoms with Crippen molar-refractivity contribution in [3.63, 3.8) is 0 Å². The maximum absolute atomic E-state index is 12.3. The summed E-state index contributed by atoms with van der Waals surface area (Å²) in [4.78, 5) is 17.0.